The average molecular weight is 359 g/mol. The summed E-state index contributed by atoms with van der Waals surface area (Å²) in [4.78, 5) is 0. The van der Waals surface area contributed by atoms with Crippen LogP contribution in [-0.2, 0) is 0 Å². The maximum Gasteiger partial charge on any atom is 0.0852 e. The van der Waals surface area contributed by atoms with Crippen LogP contribution in [0.4, 0.5) is 0 Å². The monoisotopic (exact) mass is 358 g/mol. The van der Waals surface area contributed by atoms with Crippen LogP contribution in [0.15, 0.2) is 43.0 Å². The van der Waals surface area contributed by atoms with Crippen LogP contribution in [-0.4, -0.2) is 5.11 Å². The van der Waals surface area contributed by atoms with Crippen molar-refractivity contribution in [3.8, 4) is 0 Å². The van der Waals surface area contributed by atoms with Gasteiger partial charge in [-0.25, -0.2) is 0 Å². The first-order chi connectivity index (χ1) is 12.8. The molecule has 0 spiro atoms. The summed E-state index contributed by atoms with van der Waals surface area (Å²) in [7, 11) is 0. The van der Waals surface area contributed by atoms with Crippen molar-refractivity contribution in [2.75, 3.05) is 0 Å². The molecule has 1 aromatic rings. The van der Waals surface area contributed by atoms with E-state index in [4.69, 9.17) is 0 Å². The van der Waals surface area contributed by atoms with E-state index in [1.54, 1.807) is 0 Å². The molecule has 0 aromatic heterocycles. The Morgan fingerprint density at radius 2 is 1.23 bits per heavy atom. The van der Waals surface area contributed by atoms with Crippen molar-refractivity contribution >= 4 is 0 Å². The molecule has 0 aliphatic heterocycles. The van der Waals surface area contributed by atoms with E-state index < -0.39 is 6.10 Å². The van der Waals surface area contributed by atoms with Gasteiger partial charge < -0.3 is 5.11 Å². The van der Waals surface area contributed by atoms with Gasteiger partial charge in [-0.05, 0) is 12.0 Å². The molecule has 0 aliphatic rings. The zero-order chi connectivity index (χ0) is 18.9. The van der Waals surface area contributed by atoms with E-state index in [1.165, 1.54) is 83.5 Å². The topological polar surface area (TPSA) is 20.2 Å². The van der Waals surface area contributed by atoms with E-state index in [0.29, 0.717) is 0 Å². The van der Waals surface area contributed by atoms with Gasteiger partial charge in [0, 0.05) is 5.92 Å². The number of unbranched alkanes of at least 4 members (excludes halogenated alkanes) is 12. The molecule has 0 aliphatic carbocycles. The summed E-state index contributed by atoms with van der Waals surface area (Å²) < 4.78 is 0. The van der Waals surface area contributed by atoms with Crippen LogP contribution >= 0.6 is 0 Å². The number of benzene rings is 1. The van der Waals surface area contributed by atoms with Crippen LogP contribution in [0.2, 0.25) is 0 Å². The molecule has 148 valence electrons. The van der Waals surface area contributed by atoms with Crippen molar-refractivity contribution in [1.29, 1.82) is 0 Å². The Bertz CT molecular complexity index is 425. The number of hydrogen-bond donors (Lipinski definition) is 1. The minimum absolute atomic E-state index is 0.171. The Balaban J connectivity index is 1.97. The smallest absolute Gasteiger partial charge is 0.0852 e. The molecule has 0 fully saturated rings. The summed E-state index contributed by atoms with van der Waals surface area (Å²) in [5, 5.41) is 10.5. The Labute approximate surface area is 162 Å². The zero-order valence-corrected chi connectivity index (χ0v) is 17.2. The molecule has 0 amide bonds. The fourth-order valence-corrected chi connectivity index (χ4v) is 3.70. The summed E-state index contributed by atoms with van der Waals surface area (Å²) in [6, 6.07) is 9.98. The molecule has 1 aromatic carbocycles. The first-order valence-electron chi connectivity index (χ1n) is 11.1. The largest absolute Gasteiger partial charge is 0.388 e. The van der Waals surface area contributed by atoms with Crippen LogP contribution in [0.1, 0.15) is 108 Å². The highest BCUT2D eigenvalue weighted by atomic mass is 16.3. The van der Waals surface area contributed by atoms with Crippen molar-refractivity contribution in [3.05, 3.63) is 48.6 Å². The maximum atomic E-state index is 10.5. The average Bonchev–Trinajstić information content (AvgIpc) is 2.68. The fraction of sp³-hybridized carbons (Fsp3) is 0.680. The van der Waals surface area contributed by atoms with Crippen LogP contribution in [0.5, 0.6) is 0 Å². The lowest BCUT2D eigenvalue weighted by atomic mass is 9.90. The molecule has 1 N–H and O–H groups in total. The summed E-state index contributed by atoms with van der Waals surface area (Å²) in [6.45, 7) is 6.21. The predicted molar refractivity (Wildman–Crippen MR) is 115 cm³/mol. The quantitative estimate of drug-likeness (QED) is 0.221. The number of rotatable bonds is 17. The van der Waals surface area contributed by atoms with Gasteiger partial charge in [0.25, 0.3) is 0 Å². The van der Waals surface area contributed by atoms with Crippen LogP contribution < -0.4 is 0 Å². The van der Waals surface area contributed by atoms with Gasteiger partial charge in [-0.1, -0.05) is 127 Å². The van der Waals surface area contributed by atoms with Crippen molar-refractivity contribution in [1.82, 2.24) is 0 Å². The van der Waals surface area contributed by atoms with Crippen LogP contribution in [0.25, 0.3) is 0 Å². The molecule has 0 bridgehead atoms. The Kier molecular flexibility index (Phi) is 14.2. The van der Waals surface area contributed by atoms with Crippen LogP contribution in [0, 0.1) is 5.92 Å². The molecule has 2 atom stereocenters. The van der Waals surface area contributed by atoms with Gasteiger partial charge in [-0.3, -0.25) is 0 Å². The van der Waals surface area contributed by atoms with Crippen molar-refractivity contribution in [2.24, 2.45) is 5.92 Å². The van der Waals surface area contributed by atoms with Gasteiger partial charge in [0.15, 0.2) is 0 Å². The number of aliphatic hydroxyl groups excluding tert-OH is 1. The van der Waals surface area contributed by atoms with E-state index in [2.05, 4.69) is 13.5 Å². The second-order valence-corrected chi connectivity index (χ2v) is 7.79. The minimum Gasteiger partial charge on any atom is -0.388 e. The minimum atomic E-state index is -0.411. The molecular formula is C25H42O. The molecule has 0 unspecified atom stereocenters. The standard InChI is InChI=1S/C25H42O/c1-3-5-6-7-8-9-10-11-12-13-14-15-17-20-23(4-2)25(26)24-21-18-16-19-22-24/h4,16,18-19,21-23,25-26H,2-3,5-15,17,20H2,1H3/t23-,25-/m0/s1. The highest BCUT2D eigenvalue weighted by molar-refractivity contribution is 5.19. The van der Waals surface area contributed by atoms with Crippen molar-refractivity contribution in [3.63, 3.8) is 0 Å². The third-order valence-electron chi connectivity index (χ3n) is 5.49. The first-order valence-corrected chi connectivity index (χ1v) is 11.1. The third kappa shape index (κ3) is 10.8. The van der Waals surface area contributed by atoms with Crippen molar-refractivity contribution in [2.45, 2.75) is 103 Å². The Morgan fingerprint density at radius 1 is 0.769 bits per heavy atom. The molecule has 0 radical (unpaired) electrons. The van der Waals surface area contributed by atoms with Gasteiger partial charge in [0.1, 0.15) is 0 Å². The van der Waals surface area contributed by atoms with Gasteiger partial charge in [0.05, 0.1) is 6.10 Å². The van der Waals surface area contributed by atoms with Gasteiger partial charge in [-0.15, -0.1) is 6.58 Å². The lowest BCUT2D eigenvalue weighted by Gasteiger charge is -2.20. The number of hydrogen-bond acceptors (Lipinski definition) is 1. The highest BCUT2D eigenvalue weighted by Gasteiger charge is 2.17. The second-order valence-electron chi connectivity index (χ2n) is 7.79. The molecule has 0 heterocycles. The predicted octanol–water partition coefficient (Wildman–Crippen LogP) is 8.00. The van der Waals surface area contributed by atoms with Crippen LogP contribution in [0.3, 0.4) is 0 Å². The van der Waals surface area contributed by atoms with E-state index >= 15 is 0 Å². The number of aliphatic hydroxyl groups is 1. The third-order valence-corrected chi connectivity index (χ3v) is 5.49. The Hall–Kier alpha value is -1.08. The van der Waals surface area contributed by atoms with Gasteiger partial charge in [-0.2, -0.15) is 0 Å². The molecule has 0 saturated heterocycles. The van der Waals surface area contributed by atoms with E-state index in [0.717, 1.165) is 12.0 Å². The summed E-state index contributed by atoms with van der Waals surface area (Å²) in [5.41, 5.74) is 1.01. The maximum absolute atomic E-state index is 10.5. The molecule has 1 heteroatoms. The second kappa shape index (κ2) is 16.1. The van der Waals surface area contributed by atoms with E-state index in [-0.39, 0.29) is 5.92 Å². The zero-order valence-electron chi connectivity index (χ0n) is 17.2. The molecule has 1 rings (SSSR count). The molecule has 0 saturated carbocycles. The van der Waals surface area contributed by atoms with Gasteiger partial charge >= 0.3 is 0 Å². The van der Waals surface area contributed by atoms with Crippen molar-refractivity contribution < 1.29 is 5.11 Å². The lowest BCUT2D eigenvalue weighted by Crippen LogP contribution is -2.10. The molecule has 26 heavy (non-hydrogen) atoms. The normalized spacial score (nSPS) is 13.5. The fourth-order valence-electron chi connectivity index (χ4n) is 3.70. The highest BCUT2D eigenvalue weighted by Crippen LogP contribution is 2.27. The first kappa shape index (κ1) is 23.0. The summed E-state index contributed by atoms with van der Waals surface area (Å²) in [6.07, 6.45) is 20.5. The van der Waals surface area contributed by atoms with Gasteiger partial charge in [0.2, 0.25) is 0 Å². The lowest BCUT2D eigenvalue weighted by molar-refractivity contribution is 0.125. The SMILES string of the molecule is C=C[C@@H](CCCCCCCCCCCCCCC)[C@H](O)c1ccccc1. The summed E-state index contributed by atoms with van der Waals surface area (Å²) in [5.74, 6) is 0.171. The molecular weight excluding hydrogens is 316 g/mol. The van der Waals surface area contributed by atoms with E-state index in [1.807, 2.05) is 36.4 Å². The Morgan fingerprint density at radius 3 is 1.69 bits per heavy atom. The molecule has 1 nitrogen and oxygen atoms in total. The summed E-state index contributed by atoms with van der Waals surface area (Å²) >= 11 is 0. The van der Waals surface area contributed by atoms with E-state index in [9.17, 15) is 5.11 Å².